The van der Waals surface area contributed by atoms with Gasteiger partial charge in [-0.05, 0) is 51.1 Å². The van der Waals surface area contributed by atoms with Crippen LogP contribution in [0, 0.1) is 11.8 Å². The predicted octanol–water partition coefficient (Wildman–Crippen LogP) is 2.70. The molecule has 1 heterocycles. The predicted molar refractivity (Wildman–Crippen MR) is 69.8 cm³/mol. The van der Waals surface area contributed by atoms with Crippen molar-refractivity contribution < 1.29 is 9.53 Å². The molecule has 1 rings (SSSR count). The largest absolute Gasteiger partial charge is 0.465 e. The summed E-state index contributed by atoms with van der Waals surface area (Å²) in [5.41, 5.74) is 0. The van der Waals surface area contributed by atoms with Crippen molar-refractivity contribution in [2.45, 2.75) is 53.0 Å². The molecule has 1 unspecified atom stereocenters. The lowest BCUT2D eigenvalue weighted by atomic mass is 9.86. The average molecular weight is 241 g/mol. The van der Waals surface area contributed by atoms with E-state index in [9.17, 15) is 4.79 Å². The van der Waals surface area contributed by atoms with E-state index in [1.807, 2.05) is 6.92 Å². The lowest BCUT2D eigenvalue weighted by Gasteiger charge is -2.37. The molecular weight excluding hydrogens is 214 g/mol. The smallest absolute Gasteiger partial charge is 0.323 e. The maximum Gasteiger partial charge on any atom is 0.323 e. The van der Waals surface area contributed by atoms with Crippen LogP contribution in [0.25, 0.3) is 0 Å². The topological polar surface area (TPSA) is 29.5 Å². The van der Waals surface area contributed by atoms with Crippen LogP contribution in [0.5, 0.6) is 0 Å². The number of hydrogen-bond donors (Lipinski definition) is 0. The summed E-state index contributed by atoms with van der Waals surface area (Å²) in [4.78, 5) is 14.1. The summed E-state index contributed by atoms with van der Waals surface area (Å²) in [6.45, 7) is 11.1. The molecular formula is C14H27NO2. The Morgan fingerprint density at radius 1 is 1.29 bits per heavy atom. The molecule has 0 saturated carbocycles. The van der Waals surface area contributed by atoms with Crippen LogP contribution >= 0.6 is 0 Å². The number of likely N-dealkylation sites (tertiary alicyclic amines) is 1. The van der Waals surface area contributed by atoms with Crippen molar-refractivity contribution in [2.75, 3.05) is 19.7 Å². The Balaban J connectivity index is 2.47. The minimum absolute atomic E-state index is 0.0249. The van der Waals surface area contributed by atoms with Crippen molar-refractivity contribution in [3.63, 3.8) is 0 Å². The van der Waals surface area contributed by atoms with Gasteiger partial charge in [-0.15, -0.1) is 0 Å². The lowest BCUT2D eigenvalue weighted by Crippen LogP contribution is -2.46. The highest BCUT2D eigenvalue weighted by Gasteiger charge is 2.30. The Bertz CT molecular complexity index is 232. The molecule has 3 heteroatoms. The van der Waals surface area contributed by atoms with Crippen LogP contribution in [0.15, 0.2) is 0 Å². The number of esters is 1. The summed E-state index contributed by atoms with van der Waals surface area (Å²) < 4.78 is 5.14. The fourth-order valence-corrected chi connectivity index (χ4v) is 2.71. The highest BCUT2D eigenvalue weighted by atomic mass is 16.5. The van der Waals surface area contributed by atoms with E-state index in [1.165, 1.54) is 12.8 Å². The molecule has 100 valence electrons. The van der Waals surface area contributed by atoms with Gasteiger partial charge in [0.25, 0.3) is 0 Å². The maximum atomic E-state index is 11.8. The normalized spacial score (nSPS) is 20.5. The van der Waals surface area contributed by atoms with Crippen molar-refractivity contribution in [3.05, 3.63) is 0 Å². The zero-order valence-electron chi connectivity index (χ0n) is 11.7. The highest BCUT2D eigenvalue weighted by molar-refractivity contribution is 5.75. The van der Waals surface area contributed by atoms with Gasteiger partial charge >= 0.3 is 5.97 Å². The first-order chi connectivity index (χ1) is 8.10. The van der Waals surface area contributed by atoms with E-state index in [1.54, 1.807) is 0 Å². The summed E-state index contributed by atoms with van der Waals surface area (Å²) in [7, 11) is 0. The number of rotatable bonds is 5. The maximum absolute atomic E-state index is 11.8. The van der Waals surface area contributed by atoms with E-state index in [4.69, 9.17) is 4.74 Å². The van der Waals surface area contributed by atoms with Crippen LogP contribution in [0.1, 0.15) is 47.0 Å². The van der Waals surface area contributed by atoms with Gasteiger partial charge in [-0.25, -0.2) is 0 Å². The Morgan fingerprint density at radius 3 is 2.29 bits per heavy atom. The molecule has 0 aromatic carbocycles. The quantitative estimate of drug-likeness (QED) is 0.693. The van der Waals surface area contributed by atoms with Crippen molar-refractivity contribution in [3.8, 4) is 0 Å². The molecule has 1 fully saturated rings. The minimum atomic E-state index is -0.0435. The molecule has 0 aromatic heterocycles. The SMILES string of the molecule is CCOC(=O)C(CC)N1CCC(C(C)C)CC1. The monoisotopic (exact) mass is 241 g/mol. The third-order valence-corrected chi connectivity index (χ3v) is 3.90. The van der Waals surface area contributed by atoms with Crippen LogP contribution in [-0.4, -0.2) is 36.6 Å². The fourth-order valence-electron chi connectivity index (χ4n) is 2.71. The molecule has 0 aromatic rings. The Morgan fingerprint density at radius 2 is 1.88 bits per heavy atom. The molecule has 1 aliphatic rings. The van der Waals surface area contributed by atoms with Crippen LogP contribution in [0.3, 0.4) is 0 Å². The third kappa shape index (κ3) is 3.98. The van der Waals surface area contributed by atoms with Crippen LogP contribution in [0.4, 0.5) is 0 Å². The van der Waals surface area contributed by atoms with Crippen LogP contribution in [0.2, 0.25) is 0 Å². The molecule has 3 nitrogen and oxygen atoms in total. The number of piperidine rings is 1. The second-order valence-electron chi connectivity index (χ2n) is 5.29. The zero-order chi connectivity index (χ0) is 12.8. The van der Waals surface area contributed by atoms with Gasteiger partial charge in [-0.2, -0.15) is 0 Å². The Hall–Kier alpha value is -0.570. The molecule has 17 heavy (non-hydrogen) atoms. The summed E-state index contributed by atoms with van der Waals surface area (Å²) in [5.74, 6) is 1.55. The number of carbonyl (C=O) groups is 1. The third-order valence-electron chi connectivity index (χ3n) is 3.90. The van der Waals surface area contributed by atoms with E-state index in [2.05, 4.69) is 25.7 Å². The van der Waals surface area contributed by atoms with E-state index >= 15 is 0 Å². The van der Waals surface area contributed by atoms with Crippen LogP contribution in [-0.2, 0) is 9.53 Å². The number of hydrogen-bond acceptors (Lipinski definition) is 3. The molecule has 1 aliphatic heterocycles. The first kappa shape index (κ1) is 14.5. The van der Waals surface area contributed by atoms with E-state index in [0.29, 0.717) is 6.61 Å². The number of nitrogens with zero attached hydrogens (tertiary/aromatic N) is 1. The molecule has 0 amide bonds. The summed E-state index contributed by atoms with van der Waals surface area (Å²) >= 11 is 0. The Kier molecular flexibility index (Phi) is 5.96. The van der Waals surface area contributed by atoms with Gasteiger partial charge in [0.05, 0.1) is 6.61 Å². The first-order valence-electron chi connectivity index (χ1n) is 7.00. The van der Waals surface area contributed by atoms with Gasteiger partial charge in [-0.3, -0.25) is 9.69 Å². The van der Waals surface area contributed by atoms with Gasteiger partial charge < -0.3 is 4.74 Å². The van der Waals surface area contributed by atoms with Gasteiger partial charge in [0.15, 0.2) is 0 Å². The van der Waals surface area contributed by atoms with Gasteiger partial charge in [0, 0.05) is 0 Å². The van der Waals surface area contributed by atoms with Gasteiger partial charge in [0.2, 0.25) is 0 Å². The standard InChI is InChI=1S/C14H27NO2/c1-5-13(14(16)17-6-2)15-9-7-12(8-10-15)11(3)4/h11-13H,5-10H2,1-4H3. The molecule has 0 radical (unpaired) electrons. The molecule has 1 saturated heterocycles. The van der Waals surface area contributed by atoms with Crippen molar-refractivity contribution in [1.29, 1.82) is 0 Å². The molecule has 1 atom stereocenters. The summed E-state index contributed by atoms with van der Waals surface area (Å²) in [6, 6.07) is -0.0249. The van der Waals surface area contributed by atoms with Crippen molar-refractivity contribution >= 4 is 5.97 Å². The molecule has 0 N–H and O–H groups in total. The van der Waals surface area contributed by atoms with Crippen molar-refractivity contribution in [1.82, 2.24) is 4.90 Å². The van der Waals surface area contributed by atoms with E-state index in [0.717, 1.165) is 31.3 Å². The molecule has 0 bridgehead atoms. The minimum Gasteiger partial charge on any atom is -0.465 e. The van der Waals surface area contributed by atoms with Gasteiger partial charge in [0.1, 0.15) is 6.04 Å². The zero-order valence-corrected chi connectivity index (χ0v) is 11.7. The average Bonchev–Trinajstić information content (AvgIpc) is 2.31. The second kappa shape index (κ2) is 7.00. The molecule has 0 spiro atoms. The van der Waals surface area contributed by atoms with Gasteiger partial charge in [-0.1, -0.05) is 20.8 Å². The fraction of sp³-hybridized carbons (Fsp3) is 0.929. The lowest BCUT2D eigenvalue weighted by molar-refractivity contribution is -0.150. The molecule has 0 aliphatic carbocycles. The van der Waals surface area contributed by atoms with Crippen molar-refractivity contribution in [2.24, 2.45) is 11.8 Å². The summed E-state index contributed by atoms with van der Waals surface area (Å²) in [5, 5.41) is 0. The van der Waals surface area contributed by atoms with E-state index in [-0.39, 0.29) is 12.0 Å². The second-order valence-corrected chi connectivity index (χ2v) is 5.29. The summed E-state index contributed by atoms with van der Waals surface area (Å²) in [6.07, 6.45) is 3.28. The number of ether oxygens (including phenoxy) is 1. The number of carbonyl (C=O) groups excluding carboxylic acids is 1. The highest BCUT2D eigenvalue weighted by Crippen LogP contribution is 2.26. The Labute approximate surface area is 106 Å². The first-order valence-corrected chi connectivity index (χ1v) is 7.00. The van der Waals surface area contributed by atoms with E-state index < -0.39 is 0 Å². The van der Waals surface area contributed by atoms with Crippen LogP contribution < -0.4 is 0 Å².